The van der Waals surface area contributed by atoms with Gasteiger partial charge in [-0.25, -0.2) is 0 Å². The molecule has 0 bridgehead atoms. The van der Waals surface area contributed by atoms with Crippen molar-refractivity contribution in [3.05, 3.63) is 97.2 Å². The summed E-state index contributed by atoms with van der Waals surface area (Å²) in [4.78, 5) is 12.5. The smallest absolute Gasteiger partial charge is 0.220 e. The second-order valence-electron chi connectivity index (χ2n) is 19.0. The van der Waals surface area contributed by atoms with E-state index in [-0.39, 0.29) is 12.5 Å². The molecule has 380 valence electrons. The summed E-state index contributed by atoms with van der Waals surface area (Å²) in [5.41, 5.74) is 0. The van der Waals surface area contributed by atoms with Crippen molar-refractivity contribution in [3.63, 3.8) is 0 Å². The summed E-state index contributed by atoms with van der Waals surface area (Å²) in [6, 6.07) is -0.649. The maximum atomic E-state index is 12.5. The van der Waals surface area contributed by atoms with Gasteiger partial charge in [-0.2, -0.15) is 0 Å². The average molecular weight is 917 g/mol. The molecular formula is C62H109NO3. The van der Waals surface area contributed by atoms with Gasteiger partial charge >= 0.3 is 0 Å². The molecule has 3 N–H and O–H groups in total. The van der Waals surface area contributed by atoms with Crippen LogP contribution in [0.15, 0.2) is 97.2 Å². The lowest BCUT2D eigenvalue weighted by Crippen LogP contribution is -2.45. The summed E-state index contributed by atoms with van der Waals surface area (Å²) in [5.74, 6) is -0.0777. The second-order valence-corrected chi connectivity index (χ2v) is 19.0. The Morgan fingerprint density at radius 1 is 0.379 bits per heavy atom. The first-order chi connectivity index (χ1) is 32.7. The Labute approximate surface area is 411 Å². The Bertz CT molecular complexity index is 1220. The van der Waals surface area contributed by atoms with Crippen molar-refractivity contribution < 1.29 is 15.0 Å². The van der Waals surface area contributed by atoms with Crippen molar-refractivity contribution in [3.8, 4) is 0 Å². The molecule has 0 saturated carbocycles. The van der Waals surface area contributed by atoms with E-state index in [1.54, 1.807) is 6.08 Å². The van der Waals surface area contributed by atoms with Crippen LogP contribution in [0.3, 0.4) is 0 Å². The number of hydrogen-bond donors (Lipinski definition) is 3. The molecule has 0 aromatic rings. The van der Waals surface area contributed by atoms with Crippen LogP contribution < -0.4 is 5.32 Å². The summed E-state index contributed by atoms with van der Waals surface area (Å²) in [6.45, 7) is 4.18. The minimum absolute atomic E-state index is 0.0777. The molecule has 0 spiro atoms. The first kappa shape index (κ1) is 63.3. The summed E-state index contributed by atoms with van der Waals surface area (Å²) < 4.78 is 0. The van der Waals surface area contributed by atoms with Gasteiger partial charge in [0, 0.05) is 6.42 Å². The van der Waals surface area contributed by atoms with Crippen LogP contribution in [0.4, 0.5) is 0 Å². The molecule has 0 saturated heterocycles. The Morgan fingerprint density at radius 2 is 0.682 bits per heavy atom. The predicted molar refractivity (Wildman–Crippen MR) is 294 cm³/mol. The zero-order valence-electron chi connectivity index (χ0n) is 43.7. The van der Waals surface area contributed by atoms with Crippen LogP contribution in [0.5, 0.6) is 0 Å². The minimum Gasteiger partial charge on any atom is -0.394 e. The summed E-state index contributed by atoms with van der Waals surface area (Å²) >= 11 is 0. The molecule has 2 unspecified atom stereocenters. The summed E-state index contributed by atoms with van der Waals surface area (Å²) in [7, 11) is 0. The van der Waals surface area contributed by atoms with Crippen molar-refractivity contribution >= 4 is 5.91 Å². The van der Waals surface area contributed by atoms with Gasteiger partial charge in [-0.1, -0.05) is 272 Å². The van der Waals surface area contributed by atoms with Crippen molar-refractivity contribution in [2.75, 3.05) is 6.61 Å². The number of amides is 1. The summed E-state index contributed by atoms with van der Waals surface area (Å²) in [5, 5.41) is 23.1. The maximum absolute atomic E-state index is 12.5. The number of carbonyl (C=O) groups excluding carboxylic acids is 1. The van der Waals surface area contributed by atoms with E-state index in [1.165, 1.54) is 180 Å². The van der Waals surface area contributed by atoms with Gasteiger partial charge in [0.2, 0.25) is 5.91 Å². The molecule has 0 aliphatic heterocycles. The molecule has 0 radical (unpaired) electrons. The molecule has 0 aromatic carbocycles. The fourth-order valence-corrected chi connectivity index (χ4v) is 8.24. The first-order valence-corrected chi connectivity index (χ1v) is 28.5. The third-order valence-corrected chi connectivity index (χ3v) is 12.5. The molecule has 4 heteroatoms. The van der Waals surface area contributed by atoms with E-state index < -0.39 is 12.1 Å². The van der Waals surface area contributed by atoms with Crippen LogP contribution in [-0.2, 0) is 4.79 Å². The van der Waals surface area contributed by atoms with Gasteiger partial charge in [0.25, 0.3) is 0 Å². The van der Waals surface area contributed by atoms with Crippen molar-refractivity contribution in [1.82, 2.24) is 5.32 Å². The Balaban J connectivity index is 3.53. The van der Waals surface area contributed by atoms with Gasteiger partial charge in [-0.3, -0.25) is 4.79 Å². The van der Waals surface area contributed by atoms with Crippen LogP contribution in [0.1, 0.15) is 271 Å². The number of aliphatic hydroxyl groups is 2. The number of hydrogen-bond acceptors (Lipinski definition) is 3. The maximum Gasteiger partial charge on any atom is 0.220 e. The van der Waals surface area contributed by atoms with Crippen molar-refractivity contribution in [2.24, 2.45) is 0 Å². The van der Waals surface area contributed by atoms with Crippen LogP contribution in [0.25, 0.3) is 0 Å². The lowest BCUT2D eigenvalue weighted by atomic mass is 10.0. The zero-order valence-corrected chi connectivity index (χ0v) is 43.7. The molecule has 0 aliphatic rings. The van der Waals surface area contributed by atoms with Gasteiger partial charge in [0.15, 0.2) is 0 Å². The molecular weight excluding hydrogens is 807 g/mol. The van der Waals surface area contributed by atoms with E-state index in [9.17, 15) is 15.0 Å². The Kier molecular flexibility index (Phi) is 54.3. The molecule has 66 heavy (non-hydrogen) atoms. The van der Waals surface area contributed by atoms with Crippen LogP contribution >= 0.6 is 0 Å². The molecule has 2 atom stereocenters. The normalized spacial score (nSPS) is 13.6. The number of rotatable bonds is 51. The van der Waals surface area contributed by atoms with Crippen molar-refractivity contribution in [2.45, 2.75) is 283 Å². The molecule has 0 fully saturated rings. The fourth-order valence-electron chi connectivity index (χ4n) is 8.24. The SMILES string of the molecule is CC/C=C\C/C=C\C/C=C\C/C=C\C/C=C\CCCCCCCCCCCCCCCCCCCCCC(=O)NC(CO)C(O)/C=C/CC/C=C/CC/C=C/CCCCCCCCCCC. The van der Waals surface area contributed by atoms with Gasteiger partial charge in [0.05, 0.1) is 18.8 Å². The highest BCUT2D eigenvalue weighted by Crippen LogP contribution is 2.16. The largest absolute Gasteiger partial charge is 0.394 e. The number of aliphatic hydroxyl groups excluding tert-OH is 2. The number of carbonyl (C=O) groups is 1. The number of nitrogens with one attached hydrogen (secondary N) is 1. The highest BCUT2D eigenvalue weighted by atomic mass is 16.3. The van der Waals surface area contributed by atoms with Crippen LogP contribution in [0, 0.1) is 0 Å². The predicted octanol–water partition coefficient (Wildman–Crippen LogP) is 18.9. The molecule has 0 heterocycles. The van der Waals surface area contributed by atoms with Crippen LogP contribution in [0.2, 0.25) is 0 Å². The van der Waals surface area contributed by atoms with E-state index in [1.807, 2.05) is 6.08 Å². The topological polar surface area (TPSA) is 69.6 Å². The molecule has 0 rings (SSSR count). The van der Waals surface area contributed by atoms with Gasteiger partial charge in [-0.15, -0.1) is 0 Å². The van der Waals surface area contributed by atoms with Crippen LogP contribution in [-0.4, -0.2) is 34.9 Å². The van der Waals surface area contributed by atoms with Gasteiger partial charge in [-0.05, 0) is 89.9 Å². The third kappa shape index (κ3) is 52.3. The highest BCUT2D eigenvalue weighted by molar-refractivity contribution is 5.76. The fraction of sp³-hybridized carbons (Fsp3) is 0.726. The molecule has 0 aliphatic carbocycles. The quantitative estimate of drug-likeness (QED) is 0.0421. The second kappa shape index (κ2) is 56.6. The lowest BCUT2D eigenvalue weighted by molar-refractivity contribution is -0.123. The van der Waals surface area contributed by atoms with E-state index in [0.29, 0.717) is 6.42 Å². The average Bonchev–Trinajstić information content (AvgIpc) is 3.32. The number of unbranched alkanes of at least 4 members (excludes halogenated alkanes) is 30. The lowest BCUT2D eigenvalue weighted by Gasteiger charge is -2.19. The van der Waals surface area contributed by atoms with Gasteiger partial charge in [0.1, 0.15) is 0 Å². The number of allylic oxidation sites excluding steroid dienone is 15. The van der Waals surface area contributed by atoms with E-state index in [0.717, 1.165) is 70.6 Å². The zero-order chi connectivity index (χ0) is 47.7. The van der Waals surface area contributed by atoms with E-state index in [4.69, 9.17) is 0 Å². The molecule has 0 aromatic heterocycles. The molecule has 1 amide bonds. The van der Waals surface area contributed by atoms with Crippen molar-refractivity contribution in [1.29, 1.82) is 0 Å². The molecule has 4 nitrogen and oxygen atoms in total. The van der Waals surface area contributed by atoms with Gasteiger partial charge < -0.3 is 15.5 Å². The van der Waals surface area contributed by atoms with E-state index in [2.05, 4.69) is 104 Å². The van der Waals surface area contributed by atoms with E-state index >= 15 is 0 Å². The monoisotopic (exact) mass is 916 g/mol. The minimum atomic E-state index is -0.874. The summed E-state index contributed by atoms with van der Waals surface area (Å²) in [6.07, 6.45) is 84.3. The highest BCUT2D eigenvalue weighted by Gasteiger charge is 2.18. The third-order valence-electron chi connectivity index (χ3n) is 12.5. The first-order valence-electron chi connectivity index (χ1n) is 28.5. The standard InChI is InChI=1S/C62H109NO3/c1-3-5-7-9-11-13-15-17-19-21-23-24-25-26-27-28-29-30-31-32-33-34-35-36-37-38-40-42-44-46-48-50-52-54-56-58-62(66)63-60(59-64)61(65)57-55-53-51-49-47-45-43-41-39-22-20-18-16-14-12-10-8-6-4-2/h5,7,11,13,17,19,23-24,26-27,39,41,47,49,55,57,60-61,64-65H,3-4,6,8-10,12,14-16,18,20-22,25,28-38,40,42-46,48,50-54,56,58-59H2,1-2H3,(H,63,66)/b7-5-,13-11-,19-17-,24-23-,27-26-,41-39+,49-47+,57-55+. The Morgan fingerprint density at radius 3 is 1.06 bits per heavy atom. The Hall–Kier alpha value is -2.69.